The highest BCUT2D eigenvalue weighted by atomic mass is 16.1. The number of hydrogen-bond donors (Lipinski definition) is 2. The molecular weight excluding hydrogens is 180 g/mol. The molecule has 0 aromatic carbocycles. The Morgan fingerprint density at radius 1 is 1.43 bits per heavy atom. The van der Waals surface area contributed by atoms with Crippen LogP contribution in [0.15, 0.2) is 11.0 Å². The molecule has 1 aromatic heterocycles. The van der Waals surface area contributed by atoms with E-state index < -0.39 is 0 Å². The molecule has 0 radical (unpaired) electrons. The van der Waals surface area contributed by atoms with E-state index in [4.69, 9.17) is 0 Å². The summed E-state index contributed by atoms with van der Waals surface area (Å²) in [5.74, 6) is 0.453. The van der Waals surface area contributed by atoms with Crippen molar-refractivity contribution in [3.8, 4) is 0 Å². The minimum absolute atomic E-state index is 0.226. The van der Waals surface area contributed by atoms with E-state index in [1.165, 1.54) is 19.3 Å². The van der Waals surface area contributed by atoms with Crippen molar-refractivity contribution in [1.82, 2.24) is 15.2 Å². The molecule has 5 heteroatoms. The van der Waals surface area contributed by atoms with Gasteiger partial charge in [-0.1, -0.05) is 26.2 Å². The third kappa shape index (κ3) is 4.02. The predicted molar refractivity (Wildman–Crippen MR) is 55.3 cm³/mol. The number of aromatic nitrogens is 3. The van der Waals surface area contributed by atoms with Crippen LogP contribution >= 0.6 is 0 Å². The number of unbranched alkanes of at least 4 members (excludes halogenated alkanes) is 3. The molecule has 0 spiro atoms. The molecule has 0 amide bonds. The molecule has 78 valence electrons. The number of H-pyrrole nitrogens is 1. The van der Waals surface area contributed by atoms with Crippen molar-refractivity contribution in [2.45, 2.75) is 32.6 Å². The quantitative estimate of drug-likeness (QED) is 0.670. The monoisotopic (exact) mass is 196 g/mol. The Labute approximate surface area is 83.0 Å². The van der Waals surface area contributed by atoms with Crippen LogP contribution in [-0.4, -0.2) is 21.7 Å². The highest BCUT2D eigenvalue weighted by molar-refractivity contribution is 5.19. The van der Waals surface area contributed by atoms with E-state index in [2.05, 4.69) is 27.4 Å². The first-order chi connectivity index (χ1) is 6.83. The van der Waals surface area contributed by atoms with Crippen molar-refractivity contribution in [2.24, 2.45) is 0 Å². The zero-order valence-corrected chi connectivity index (χ0v) is 8.42. The number of rotatable bonds is 6. The van der Waals surface area contributed by atoms with Crippen molar-refractivity contribution >= 4 is 5.95 Å². The highest BCUT2D eigenvalue weighted by Crippen LogP contribution is 1.99. The molecule has 0 aliphatic carbocycles. The normalized spacial score (nSPS) is 10.1. The van der Waals surface area contributed by atoms with Gasteiger partial charge in [-0.2, -0.15) is 0 Å². The first-order valence-electron chi connectivity index (χ1n) is 4.99. The van der Waals surface area contributed by atoms with Crippen molar-refractivity contribution < 1.29 is 0 Å². The van der Waals surface area contributed by atoms with Crippen molar-refractivity contribution in [1.29, 1.82) is 0 Å². The average molecular weight is 196 g/mol. The van der Waals surface area contributed by atoms with E-state index in [0.717, 1.165) is 19.2 Å². The fourth-order valence-electron chi connectivity index (χ4n) is 1.15. The molecule has 1 aromatic rings. The highest BCUT2D eigenvalue weighted by Gasteiger charge is 1.93. The number of hydrogen-bond acceptors (Lipinski definition) is 4. The summed E-state index contributed by atoms with van der Waals surface area (Å²) in [6, 6.07) is 0. The maximum atomic E-state index is 10.8. The van der Waals surface area contributed by atoms with Gasteiger partial charge < -0.3 is 5.32 Å². The lowest BCUT2D eigenvalue weighted by atomic mass is 10.2. The number of nitrogens with zero attached hydrogens (tertiary/aromatic N) is 2. The van der Waals surface area contributed by atoms with Crippen LogP contribution in [0.25, 0.3) is 0 Å². The van der Waals surface area contributed by atoms with E-state index in [9.17, 15) is 4.79 Å². The van der Waals surface area contributed by atoms with Crippen molar-refractivity contribution in [3.05, 3.63) is 16.6 Å². The summed E-state index contributed by atoms with van der Waals surface area (Å²) in [6.45, 7) is 3.00. The van der Waals surface area contributed by atoms with E-state index in [-0.39, 0.29) is 5.56 Å². The fraction of sp³-hybridized carbons (Fsp3) is 0.667. The Morgan fingerprint density at radius 2 is 2.29 bits per heavy atom. The Hall–Kier alpha value is -1.39. The third-order valence-corrected chi connectivity index (χ3v) is 1.90. The Kier molecular flexibility index (Phi) is 4.68. The van der Waals surface area contributed by atoms with Gasteiger partial charge in [-0.05, 0) is 6.42 Å². The number of aromatic amines is 1. The minimum Gasteiger partial charge on any atom is -0.354 e. The second-order valence-corrected chi connectivity index (χ2v) is 3.17. The van der Waals surface area contributed by atoms with Crippen LogP contribution in [0.3, 0.4) is 0 Å². The summed E-state index contributed by atoms with van der Waals surface area (Å²) < 4.78 is 0. The lowest BCUT2D eigenvalue weighted by molar-refractivity contribution is 0.682. The Balaban J connectivity index is 2.21. The Morgan fingerprint density at radius 3 is 3.00 bits per heavy atom. The minimum atomic E-state index is -0.226. The first kappa shape index (κ1) is 10.7. The van der Waals surface area contributed by atoms with E-state index in [1.807, 2.05) is 0 Å². The summed E-state index contributed by atoms with van der Waals surface area (Å²) in [4.78, 5) is 13.4. The zero-order valence-electron chi connectivity index (χ0n) is 8.42. The van der Waals surface area contributed by atoms with Crippen molar-refractivity contribution in [2.75, 3.05) is 11.9 Å². The van der Waals surface area contributed by atoms with Crippen LogP contribution in [0.1, 0.15) is 32.6 Å². The van der Waals surface area contributed by atoms with Crippen LogP contribution in [0.5, 0.6) is 0 Å². The molecule has 0 aliphatic rings. The molecule has 0 atom stereocenters. The summed E-state index contributed by atoms with van der Waals surface area (Å²) in [5, 5.41) is 10.3. The molecule has 0 aliphatic heterocycles. The molecule has 0 bridgehead atoms. The molecule has 2 N–H and O–H groups in total. The largest absolute Gasteiger partial charge is 0.354 e. The molecule has 5 nitrogen and oxygen atoms in total. The second kappa shape index (κ2) is 6.12. The van der Waals surface area contributed by atoms with Crippen molar-refractivity contribution in [3.63, 3.8) is 0 Å². The molecule has 1 rings (SSSR count). The van der Waals surface area contributed by atoms with Crippen LogP contribution in [0.4, 0.5) is 5.95 Å². The smallest absolute Gasteiger partial charge is 0.271 e. The van der Waals surface area contributed by atoms with Crippen LogP contribution in [-0.2, 0) is 0 Å². The van der Waals surface area contributed by atoms with E-state index in [0.29, 0.717) is 5.95 Å². The second-order valence-electron chi connectivity index (χ2n) is 3.17. The lowest BCUT2D eigenvalue weighted by Crippen LogP contribution is -2.13. The van der Waals surface area contributed by atoms with Gasteiger partial charge in [0.1, 0.15) is 6.20 Å². The van der Waals surface area contributed by atoms with Gasteiger partial charge in [-0.15, -0.1) is 10.2 Å². The lowest BCUT2D eigenvalue weighted by Gasteiger charge is -2.02. The molecule has 0 unspecified atom stereocenters. The molecule has 1 heterocycles. The number of nitrogens with one attached hydrogen (secondary N) is 2. The first-order valence-corrected chi connectivity index (χ1v) is 4.99. The van der Waals surface area contributed by atoms with Crippen LogP contribution < -0.4 is 10.9 Å². The van der Waals surface area contributed by atoms with Crippen LogP contribution in [0.2, 0.25) is 0 Å². The van der Waals surface area contributed by atoms with Gasteiger partial charge in [-0.25, -0.2) is 0 Å². The summed E-state index contributed by atoms with van der Waals surface area (Å²) in [5.41, 5.74) is -0.226. The van der Waals surface area contributed by atoms with Gasteiger partial charge in [0, 0.05) is 6.54 Å². The predicted octanol–water partition coefficient (Wildman–Crippen LogP) is 1.16. The molecular formula is C9H16N4O. The average Bonchev–Trinajstić information content (AvgIpc) is 2.18. The zero-order chi connectivity index (χ0) is 10.2. The Bertz CT molecular complexity index is 310. The molecule has 0 saturated heterocycles. The summed E-state index contributed by atoms with van der Waals surface area (Å²) in [6.07, 6.45) is 5.92. The SMILES string of the molecule is CCCCCCNc1nncc(=O)[nH]1. The summed E-state index contributed by atoms with van der Waals surface area (Å²) >= 11 is 0. The van der Waals surface area contributed by atoms with E-state index >= 15 is 0 Å². The molecule has 0 saturated carbocycles. The molecule has 0 fully saturated rings. The van der Waals surface area contributed by atoms with Gasteiger partial charge >= 0.3 is 0 Å². The van der Waals surface area contributed by atoms with E-state index in [1.54, 1.807) is 0 Å². The maximum absolute atomic E-state index is 10.8. The molecule has 14 heavy (non-hydrogen) atoms. The topological polar surface area (TPSA) is 70.7 Å². The van der Waals surface area contributed by atoms with Crippen LogP contribution in [0, 0.1) is 0 Å². The fourth-order valence-corrected chi connectivity index (χ4v) is 1.15. The van der Waals surface area contributed by atoms with Gasteiger partial charge in [0.15, 0.2) is 0 Å². The third-order valence-electron chi connectivity index (χ3n) is 1.90. The van der Waals surface area contributed by atoms with Gasteiger partial charge in [0.25, 0.3) is 5.56 Å². The summed E-state index contributed by atoms with van der Waals surface area (Å²) in [7, 11) is 0. The van der Waals surface area contributed by atoms with Gasteiger partial charge in [0.2, 0.25) is 5.95 Å². The number of anilines is 1. The van der Waals surface area contributed by atoms with Gasteiger partial charge in [0.05, 0.1) is 0 Å². The van der Waals surface area contributed by atoms with Gasteiger partial charge in [-0.3, -0.25) is 9.78 Å². The maximum Gasteiger partial charge on any atom is 0.271 e. The standard InChI is InChI=1S/C9H16N4O/c1-2-3-4-5-6-10-9-12-8(14)7-11-13-9/h7H,2-6H2,1H3,(H2,10,12,13,14).